The van der Waals surface area contributed by atoms with Gasteiger partial charge in [-0.3, -0.25) is 9.59 Å². The Morgan fingerprint density at radius 3 is 2.73 bits per heavy atom. The van der Waals surface area contributed by atoms with Crippen LogP contribution < -0.4 is 15.0 Å². The van der Waals surface area contributed by atoms with Crippen molar-refractivity contribution in [2.45, 2.75) is 6.92 Å². The quantitative estimate of drug-likeness (QED) is 0.728. The Kier molecular flexibility index (Phi) is 4.18. The second-order valence-corrected chi connectivity index (χ2v) is 6.71. The van der Waals surface area contributed by atoms with Crippen LogP contribution in [0.15, 0.2) is 60.0 Å². The lowest BCUT2D eigenvalue weighted by Gasteiger charge is -2.19. The lowest BCUT2D eigenvalue weighted by Crippen LogP contribution is -2.29. The van der Waals surface area contributed by atoms with E-state index in [2.05, 4.69) is 5.32 Å². The molecule has 0 saturated heterocycles. The molecule has 26 heavy (non-hydrogen) atoms. The van der Waals surface area contributed by atoms with E-state index in [0.717, 1.165) is 5.69 Å². The van der Waals surface area contributed by atoms with Gasteiger partial charge in [0.2, 0.25) is 0 Å². The number of amides is 2. The molecule has 0 bridgehead atoms. The molecule has 2 amide bonds. The maximum atomic E-state index is 13.0. The number of para-hydroxylation sites is 2. The van der Waals surface area contributed by atoms with Crippen molar-refractivity contribution in [1.82, 2.24) is 0 Å². The Bertz CT molecular complexity index is 982. The maximum Gasteiger partial charge on any atom is 0.265 e. The van der Waals surface area contributed by atoms with E-state index in [4.69, 9.17) is 4.74 Å². The highest BCUT2D eigenvalue weighted by Crippen LogP contribution is 2.39. The van der Waals surface area contributed by atoms with Gasteiger partial charge in [-0.05, 0) is 48.7 Å². The standard InChI is InChI=1S/C20H16N2O3S/c1-2-22-15-6-3-4-7-17(15)25-16-10-9-13(12-14(16)20(22)24)21-19(23)18-8-5-11-26-18/h3-12H,2H2,1H3,(H,21,23). The van der Waals surface area contributed by atoms with Gasteiger partial charge < -0.3 is 15.0 Å². The van der Waals surface area contributed by atoms with Crippen molar-refractivity contribution in [1.29, 1.82) is 0 Å². The Morgan fingerprint density at radius 2 is 1.96 bits per heavy atom. The predicted molar refractivity (Wildman–Crippen MR) is 103 cm³/mol. The monoisotopic (exact) mass is 364 g/mol. The van der Waals surface area contributed by atoms with Gasteiger partial charge in [0.05, 0.1) is 16.1 Å². The number of anilines is 2. The number of hydrogen-bond donors (Lipinski definition) is 1. The van der Waals surface area contributed by atoms with Crippen LogP contribution in [0.1, 0.15) is 27.0 Å². The molecule has 1 N–H and O–H groups in total. The van der Waals surface area contributed by atoms with Crippen molar-refractivity contribution >= 4 is 34.5 Å². The molecule has 0 aliphatic carbocycles. The fourth-order valence-electron chi connectivity index (χ4n) is 2.92. The molecule has 1 aliphatic heterocycles. The number of carbonyl (C=O) groups is 2. The van der Waals surface area contributed by atoms with Crippen molar-refractivity contribution in [3.05, 3.63) is 70.4 Å². The minimum absolute atomic E-state index is 0.153. The summed E-state index contributed by atoms with van der Waals surface area (Å²) in [5, 5.41) is 4.68. The molecule has 0 unspecified atom stereocenters. The average Bonchev–Trinajstić information content (AvgIpc) is 3.16. The smallest absolute Gasteiger partial charge is 0.265 e. The second-order valence-electron chi connectivity index (χ2n) is 5.76. The number of nitrogens with zero attached hydrogens (tertiary/aromatic N) is 1. The Balaban J connectivity index is 1.71. The predicted octanol–water partition coefficient (Wildman–Crippen LogP) is 4.77. The van der Waals surface area contributed by atoms with Crippen molar-refractivity contribution in [3.8, 4) is 11.5 Å². The zero-order valence-corrected chi connectivity index (χ0v) is 14.9. The number of thiophene rings is 1. The number of benzene rings is 2. The first-order valence-corrected chi connectivity index (χ1v) is 9.13. The Morgan fingerprint density at radius 1 is 1.12 bits per heavy atom. The topological polar surface area (TPSA) is 58.6 Å². The van der Waals surface area contributed by atoms with E-state index in [1.54, 1.807) is 29.2 Å². The molecule has 5 nitrogen and oxygen atoms in total. The van der Waals surface area contributed by atoms with Gasteiger partial charge in [0.25, 0.3) is 11.8 Å². The van der Waals surface area contributed by atoms with Crippen molar-refractivity contribution in [2.24, 2.45) is 0 Å². The average molecular weight is 364 g/mol. The molecule has 0 fully saturated rings. The number of rotatable bonds is 3. The summed E-state index contributed by atoms with van der Waals surface area (Å²) in [6.45, 7) is 2.44. The van der Waals surface area contributed by atoms with Gasteiger partial charge in [0, 0.05) is 12.2 Å². The van der Waals surface area contributed by atoms with Crippen LogP contribution in [0.25, 0.3) is 0 Å². The number of ether oxygens (including phenoxy) is 1. The van der Waals surface area contributed by atoms with Crippen molar-refractivity contribution in [3.63, 3.8) is 0 Å². The van der Waals surface area contributed by atoms with Crippen LogP contribution >= 0.6 is 11.3 Å². The van der Waals surface area contributed by atoms with Crippen LogP contribution in [0.5, 0.6) is 11.5 Å². The summed E-state index contributed by atoms with van der Waals surface area (Å²) in [7, 11) is 0. The van der Waals surface area contributed by atoms with E-state index in [9.17, 15) is 9.59 Å². The molecule has 0 atom stereocenters. The molecule has 1 aromatic heterocycles. The number of fused-ring (bicyclic) bond motifs is 2. The molecular weight excluding hydrogens is 348 g/mol. The zero-order valence-electron chi connectivity index (χ0n) is 14.1. The van der Waals surface area contributed by atoms with E-state index in [-0.39, 0.29) is 11.8 Å². The highest BCUT2D eigenvalue weighted by molar-refractivity contribution is 7.12. The molecule has 6 heteroatoms. The SMILES string of the molecule is CCN1C(=O)c2cc(NC(=O)c3cccs3)ccc2Oc2ccccc21. The van der Waals surface area contributed by atoms with E-state index in [0.29, 0.717) is 34.2 Å². The first-order valence-electron chi connectivity index (χ1n) is 8.25. The number of nitrogens with one attached hydrogen (secondary N) is 1. The van der Waals surface area contributed by atoms with Crippen molar-refractivity contribution in [2.75, 3.05) is 16.8 Å². The van der Waals surface area contributed by atoms with Crippen LogP contribution in [-0.4, -0.2) is 18.4 Å². The molecule has 2 aromatic carbocycles. The third kappa shape index (κ3) is 2.84. The van der Waals surface area contributed by atoms with Gasteiger partial charge in [0.15, 0.2) is 5.75 Å². The molecule has 0 saturated carbocycles. The summed E-state index contributed by atoms with van der Waals surface area (Å²) >= 11 is 1.37. The van der Waals surface area contributed by atoms with E-state index < -0.39 is 0 Å². The minimum atomic E-state index is -0.197. The summed E-state index contributed by atoms with van der Waals surface area (Å²) < 4.78 is 5.96. The van der Waals surface area contributed by atoms with Crippen molar-refractivity contribution < 1.29 is 14.3 Å². The lowest BCUT2D eigenvalue weighted by molar-refractivity contribution is 0.0986. The Hall–Kier alpha value is -3.12. The highest BCUT2D eigenvalue weighted by Gasteiger charge is 2.27. The van der Waals surface area contributed by atoms with Crippen LogP contribution in [0.3, 0.4) is 0 Å². The van der Waals surface area contributed by atoms with Crippen LogP contribution in [0.4, 0.5) is 11.4 Å². The number of carbonyl (C=O) groups excluding carboxylic acids is 2. The highest BCUT2D eigenvalue weighted by atomic mass is 32.1. The fourth-order valence-corrected chi connectivity index (χ4v) is 3.54. The Labute approximate surface area is 154 Å². The molecule has 2 heterocycles. The summed E-state index contributed by atoms with van der Waals surface area (Å²) in [5.41, 5.74) is 1.72. The van der Waals surface area contributed by atoms with Gasteiger partial charge in [0.1, 0.15) is 5.75 Å². The molecule has 0 radical (unpaired) electrons. The van der Waals surface area contributed by atoms with Crippen LogP contribution in [0, 0.1) is 0 Å². The molecule has 0 spiro atoms. The van der Waals surface area contributed by atoms with E-state index in [1.807, 2.05) is 42.6 Å². The van der Waals surface area contributed by atoms with E-state index in [1.165, 1.54) is 11.3 Å². The molecule has 130 valence electrons. The van der Waals surface area contributed by atoms with Crippen LogP contribution in [-0.2, 0) is 0 Å². The first-order chi connectivity index (χ1) is 12.7. The largest absolute Gasteiger partial charge is 0.454 e. The van der Waals surface area contributed by atoms with Gasteiger partial charge in [-0.2, -0.15) is 0 Å². The third-order valence-corrected chi connectivity index (χ3v) is 5.02. The summed E-state index contributed by atoms with van der Waals surface area (Å²) in [4.78, 5) is 27.6. The van der Waals surface area contributed by atoms with Gasteiger partial charge in [-0.25, -0.2) is 0 Å². The fraction of sp³-hybridized carbons (Fsp3) is 0.100. The molecular formula is C20H16N2O3S. The second kappa shape index (κ2) is 6.65. The normalized spacial score (nSPS) is 12.7. The van der Waals surface area contributed by atoms with Gasteiger partial charge in [-0.15, -0.1) is 11.3 Å². The first kappa shape index (κ1) is 16.4. The minimum Gasteiger partial charge on any atom is -0.454 e. The van der Waals surface area contributed by atoms with Gasteiger partial charge in [-0.1, -0.05) is 18.2 Å². The molecule has 4 rings (SSSR count). The maximum absolute atomic E-state index is 13.0. The summed E-state index contributed by atoms with van der Waals surface area (Å²) in [5.74, 6) is 0.765. The van der Waals surface area contributed by atoms with Crippen LogP contribution in [0.2, 0.25) is 0 Å². The zero-order chi connectivity index (χ0) is 18.1. The summed E-state index contributed by atoms with van der Waals surface area (Å²) in [6, 6.07) is 16.2. The third-order valence-electron chi connectivity index (χ3n) is 4.15. The number of hydrogen-bond acceptors (Lipinski definition) is 4. The van der Waals surface area contributed by atoms with E-state index >= 15 is 0 Å². The summed E-state index contributed by atoms with van der Waals surface area (Å²) in [6.07, 6.45) is 0. The van der Waals surface area contributed by atoms with Gasteiger partial charge >= 0.3 is 0 Å². The lowest BCUT2D eigenvalue weighted by atomic mass is 10.1. The molecule has 1 aliphatic rings. The molecule has 3 aromatic rings.